The number of sulfonamides is 1. The Labute approximate surface area is 187 Å². The molecule has 1 aliphatic heterocycles. The van der Waals surface area contributed by atoms with Gasteiger partial charge in [-0.05, 0) is 48.6 Å². The largest absolute Gasteiger partial charge is 0.348 e. The summed E-state index contributed by atoms with van der Waals surface area (Å²) in [5, 5.41) is 3.25. The predicted molar refractivity (Wildman–Crippen MR) is 124 cm³/mol. The number of hydrogen-bond donors (Lipinski definition) is 2. The Morgan fingerprint density at radius 1 is 1.00 bits per heavy atom. The third-order valence-corrected chi connectivity index (χ3v) is 7.79. The van der Waals surface area contributed by atoms with Gasteiger partial charge in [-0.25, -0.2) is 8.42 Å². The molecule has 0 bridgehead atoms. The first kappa shape index (κ1) is 22.2. The molecule has 1 aromatic heterocycles. The van der Waals surface area contributed by atoms with Gasteiger partial charge in [0.1, 0.15) is 0 Å². The molecular formula is C24H27N3O4S. The van der Waals surface area contributed by atoms with E-state index in [1.54, 1.807) is 6.07 Å². The molecule has 0 atom stereocenters. The third kappa shape index (κ3) is 4.61. The highest BCUT2D eigenvalue weighted by atomic mass is 32.2. The van der Waals surface area contributed by atoms with Gasteiger partial charge < -0.3 is 10.3 Å². The molecule has 32 heavy (non-hydrogen) atoms. The highest BCUT2D eigenvalue weighted by molar-refractivity contribution is 7.89. The number of benzene rings is 2. The SMILES string of the molecule is CCc1ccc(CNC(=O)c2cc(=O)[nH]c3ccc(S(=O)(=O)N4CCCCC4)cc23)cc1. The number of aryl methyl sites for hydroxylation is 1. The van der Waals surface area contributed by atoms with E-state index in [2.05, 4.69) is 17.2 Å². The fraction of sp³-hybridized carbons (Fsp3) is 0.333. The highest BCUT2D eigenvalue weighted by Gasteiger charge is 2.26. The molecule has 1 amide bonds. The van der Waals surface area contributed by atoms with E-state index in [9.17, 15) is 18.0 Å². The lowest BCUT2D eigenvalue weighted by Gasteiger charge is -2.26. The smallest absolute Gasteiger partial charge is 0.252 e. The number of amides is 1. The number of piperidine rings is 1. The molecule has 0 spiro atoms. The van der Waals surface area contributed by atoms with Gasteiger partial charge in [-0.15, -0.1) is 0 Å². The first-order chi connectivity index (χ1) is 15.4. The van der Waals surface area contributed by atoms with Crippen molar-refractivity contribution < 1.29 is 13.2 Å². The molecular weight excluding hydrogens is 426 g/mol. The Morgan fingerprint density at radius 2 is 1.69 bits per heavy atom. The number of hydrogen-bond acceptors (Lipinski definition) is 4. The maximum absolute atomic E-state index is 13.1. The van der Waals surface area contributed by atoms with Gasteiger partial charge in [0.25, 0.3) is 5.91 Å². The summed E-state index contributed by atoms with van der Waals surface area (Å²) in [4.78, 5) is 27.9. The Kier molecular flexibility index (Phi) is 6.43. The monoisotopic (exact) mass is 453 g/mol. The summed E-state index contributed by atoms with van der Waals surface area (Å²) in [7, 11) is -3.66. The van der Waals surface area contributed by atoms with Gasteiger partial charge >= 0.3 is 0 Å². The van der Waals surface area contributed by atoms with Crippen molar-refractivity contribution in [1.82, 2.24) is 14.6 Å². The molecule has 1 fully saturated rings. The maximum atomic E-state index is 13.1. The summed E-state index contributed by atoms with van der Waals surface area (Å²) in [5.41, 5.74) is 2.32. The van der Waals surface area contributed by atoms with Crippen molar-refractivity contribution in [1.29, 1.82) is 0 Å². The van der Waals surface area contributed by atoms with Crippen molar-refractivity contribution in [3.63, 3.8) is 0 Å². The van der Waals surface area contributed by atoms with Crippen LogP contribution in [0, 0.1) is 0 Å². The Hall–Kier alpha value is -2.97. The third-order valence-electron chi connectivity index (χ3n) is 5.90. The van der Waals surface area contributed by atoms with Gasteiger partial charge in [-0.1, -0.05) is 37.6 Å². The average molecular weight is 454 g/mol. The van der Waals surface area contributed by atoms with Crippen molar-refractivity contribution in [3.05, 3.63) is 75.6 Å². The lowest BCUT2D eigenvalue weighted by atomic mass is 10.1. The predicted octanol–water partition coefficient (Wildman–Crippen LogP) is 3.20. The summed E-state index contributed by atoms with van der Waals surface area (Å²) < 4.78 is 27.7. The molecule has 1 aliphatic rings. The van der Waals surface area contributed by atoms with Gasteiger partial charge in [-0.2, -0.15) is 4.31 Å². The molecule has 168 valence electrons. The molecule has 0 radical (unpaired) electrons. The first-order valence-electron chi connectivity index (χ1n) is 10.9. The number of carbonyl (C=O) groups is 1. The molecule has 0 unspecified atom stereocenters. The van der Waals surface area contributed by atoms with Crippen LogP contribution in [0.5, 0.6) is 0 Å². The van der Waals surface area contributed by atoms with Crippen LogP contribution < -0.4 is 10.9 Å². The number of fused-ring (bicyclic) bond motifs is 1. The summed E-state index contributed by atoms with van der Waals surface area (Å²) >= 11 is 0. The minimum atomic E-state index is -3.66. The zero-order valence-corrected chi connectivity index (χ0v) is 18.9. The molecule has 3 aromatic rings. The van der Waals surface area contributed by atoms with Crippen LogP contribution in [-0.2, 0) is 23.0 Å². The van der Waals surface area contributed by atoms with Crippen LogP contribution in [-0.4, -0.2) is 36.7 Å². The number of rotatable bonds is 6. The Balaban J connectivity index is 1.64. The van der Waals surface area contributed by atoms with Gasteiger partial charge in [0.15, 0.2) is 0 Å². The minimum Gasteiger partial charge on any atom is -0.348 e. The number of nitrogens with zero attached hydrogens (tertiary/aromatic N) is 1. The Morgan fingerprint density at radius 3 is 2.38 bits per heavy atom. The first-order valence-corrected chi connectivity index (χ1v) is 12.4. The molecule has 7 nitrogen and oxygen atoms in total. The van der Waals surface area contributed by atoms with Gasteiger partial charge in [0.05, 0.1) is 10.5 Å². The Bertz CT molecular complexity index is 1290. The normalized spacial score (nSPS) is 15.0. The summed E-state index contributed by atoms with van der Waals surface area (Å²) in [5.74, 6) is -0.423. The maximum Gasteiger partial charge on any atom is 0.252 e. The second-order valence-electron chi connectivity index (χ2n) is 8.07. The molecule has 4 rings (SSSR count). The van der Waals surface area contributed by atoms with Crippen molar-refractivity contribution in [3.8, 4) is 0 Å². The van der Waals surface area contributed by atoms with E-state index in [4.69, 9.17) is 0 Å². The molecule has 1 saturated heterocycles. The summed E-state index contributed by atoms with van der Waals surface area (Å²) in [6.45, 7) is 3.38. The second kappa shape index (κ2) is 9.26. The van der Waals surface area contributed by atoms with Crippen molar-refractivity contribution >= 4 is 26.8 Å². The van der Waals surface area contributed by atoms with Crippen LogP contribution in [0.25, 0.3) is 10.9 Å². The van der Waals surface area contributed by atoms with E-state index in [1.807, 2.05) is 24.3 Å². The van der Waals surface area contributed by atoms with E-state index < -0.39 is 21.5 Å². The van der Waals surface area contributed by atoms with E-state index >= 15 is 0 Å². The topological polar surface area (TPSA) is 99.3 Å². The van der Waals surface area contributed by atoms with E-state index in [1.165, 1.54) is 28.1 Å². The number of pyridine rings is 1. The van der Waals surface area contributed by atoms with Crippen LogP contribution in [0.3, 0.4) is 0 Å². The van der Waals surface area contributed by atoms with Crippen LogP contribution in [0.1, 0.15) is 47.7 Å². The van der Waals surface area contributed by atoms with Gasteiger partial charge in [-0.3, -0.25) is 9.59 Å². The zero-order chi connectivity index (χ0) is 22.7. The lowest BCUT2D eigenvalue weighted by molar-refractivity contribution is 0.0952. The molecule has 8 heteroatoms. The number of carbonyl (C=O) groups excluding carboxylic acids is 1. The molecule has 2 N–H and O–H groups in total. The van der Waals surface area contributed by atoms with Gasteiger partial charge in [0.2, 0.25) is 15.6 Å². The minimum absolute atomic E-state index is 0.128. The fourth-order valence-corrected chi connectivity index (χ4v) is 5.55. The van der Waals surface area contributed by atoms with E-state index in [-0.39, 0.29) is 10.5 Å². The number of H-pyrrole nitrogens is 1. The quantitative estimate of drug-likeness (QED) is 0.599. The lowest BCUT2D eigenvalue weighted by Crippen LogP contribution is -2.35. The molecule has 0 aliphatic carbocycles. The summed E-state index contributed by atoms with van der Waals surface area (Å²) in [6, 6.07) is 13.7. The zero-order valence-electron chi connectivity index (χ0n) is 18.1. The highest BCUT2D eigenvalue weighted by Crippen LogP contribution is 2.25. The van der Waals surface area contributed by atoms with Gasteiger partial charge in [0, 0.05) is 36.6 Å². The van der Waals surface area contributed by atoms with Crippen molar-refractivity contribution in [2.45, 2.75) is 44.0 Å². The number of aromatic nitrogens is 1. The van der Waals surface area contributed by atoms with Crippen molar-refractivity contribution in [2.75, 3.05) is 13.1 Å². The van der Waals surface area contributed by atoms with Crippen molar-refractivity contribution in [2.24, 2.45) is 0 Å². The second-order valence-corrected chi connectivity index (χ2v) is 10.0. The summed E-state index contributed by atoms with van der Waals surface area (Å²) in [6.07, 6.45) is 3.64. The van der Waals surface area contributed by atoms with Crippen LogP contribution >= 0.6 is 0 Å². The molecule has 0 saturated carbocycles. The average Bonchev–Trinajstić information content (AvgIpc) is 2.82. The standard InChI is InChI=1S/C24H27N3O4S/c1-2-17-6-8-18(9-7-17)16-25-24(29)21-15-23(28)26-22-11-10-19(14-20(21)22)32(30,31)27-12-4-3-5-13-27/h6-11,14-15H,2-5,12-13,16H2,1H3,(H,25,29)(H,26,28). The van der Waals surface area contributed by atoms with E-state index in [0.29, 0.717) is 30.5 Å². The van der Waals surface area contributed by atoms with E-state index in [0.717, 1.165) is 31.2 Å². The van der Waals surface area contributed by atoms with Crippen LogP contribution in [0.15, 0.2) is 58.2 Å². The molecule has 2 aromatic carbocycles. The number of aromatic amines is 1. The fourth-order valence-electron chi connectivity index (χ4n) is 4.01. The van der Waals surface area contributed by atoms with Crippen LogP contribution in [0.4, 0.5) is 0 Å². The number of nitrogens with one attached hydrogen (secondary N) is 2. The van der Waals surface area contributed by atoms with Crippen LogP contribution in [0.2, 0.25) is 0 Å². The molecule has 2 heterocycles.